The lowest BCUT2D eigenvalue weighted by Gasteiger charge is -2.39. The van der Waals surface area contributed by atoms with Crippen LogP contribution in [0.15, 0.2) is 0 Å². The molecule has 19 heavy (non-hydrogen) atoms. The zero-order valence-corrected chi connectivity index (χ0v) is 12.5. The molecular formula is C14H26N2O3. The molecule has 0 radical (unpaired) electrons. The average Bonchev–Trinajstić information content (AvgIpc) is 2.53. The van der Waals surface area contributed by atoms with Gasteiger partial charge in [-0.3, -0.25) is 4.79 Å². The van der Waals surface area contributed by atoms with Gasteiger partial charge in [0, 0.05) is 26.1 Å². The summed E-state index contributed by atoms with van der Waals surface area (Å²) in [7, 11) is 0. The molecule has 1 aliphatic heterocycles. The second-order valence-corrected chi connectivity index (χ2v) is 5.58. The number of carbonyl (C=O) groups is 2. The van der Waals surface area contributed by atoms with E-state index in [9.17, 15) is 14.7 Å². The first-order valence-electron chi connectivity index (χ1n) is 7.10. The third kappa shape index (κ3) is 3.26. The van der Waals surface area contributed by atoms with Crippen LogP contribution in [0.3, 0.4) is 0 Å². The Morgan fingerprint density at radius 3 is 2.37 bits per heavy atom. The molecule has 0 aromatic rings. The summed E-state index contributed by atoms with van der Waals surface area (Å²) in [6.45, 7) is 9.63. The van der Waals surface area contributed by atoms with Crippen molar-refractivity contribution in [1.82, 2.24) is 9.80 Å². The summed E-state index contributed by atoms with van der Waals surface area (Å²) >= 11 is 0. The second-order valence-electron chi connectivity index (χ2n) is 5.58. The molecule has 1 heterocycles. The molecule has 0 spiro atoms. The van der Waals surface area contributed by atoms with Crippen molar-refractivity contribution in [2.24, 2.45) is 0 Å². The molecule has 1 unspecified atom stereocenters. The normalized spacial score (nSPS) is 25.1. The summed E-state index contributed by atoms with van der Waals surface area (Å²) in [4.78, 5) is 27.4. The van der Waals surface area contributed by atoms with E-state index in [-0.39, 0.29) is 5.91 Å². The first kappa shape index (κ1) is 16.0. The molecular weight excluding hydrogens is 244 g/mol. The Kier molecular flexibility index (Phi) is 5.35. The van der Waals surface area contributed by atoms with E-state index >= 15 is 0 Å². The van der Waals surface area contributed by atoms with Crippen molar-refractivity contribution in [3.63, 3.8) is 0 Å². The molecule has 1 fully saturated rings. The van der Waals surface area contributed by atoms with Gasteiger partial charge < -0.3 is 14.9 Å². The van der Waals surface area contributed by atoms with Gasteiger partial charge in [0.15, 0.2) is 0 Å². The summed E-state index contributed by atoms with van der Waals surface area (Å²) < 4.78 is 0. The predicted octanol–water partition coefficient (Wildman–Crippen LogP) is 1.57. The van der Waals surface area contributed by atoms with E-state index in [0.717, 1.165) is 19.5 Å². The highest BCUT2D eigenvalue weighted by atomic mass is 16.4. The van der Waals surface area contributed by atoms with Crippen molar-refractivity contribution < 1.29 is 14.7 Å². The summed E-state index contributed by atoms with van der Waals surface area (Å²) in [5.41, 5.74) is -1.02. The number of carboxylic acid groups (broad SMARTS) is 1. The highest BCUT2D eigenvalue weighted by Crippen LogP contribution is 2.30. The van der Waals surface area contributed by atoms with Crippen molar-refractivity contribution in [2.75, 3.05) is 19.6 Å². The Hall–Kier alpha value is -1.10. The van der Waals surface area contributed by atoms with Gasteiger partial charge in [0.2, 0.25) is 5.91 Å². The number of likely N-dealkylation sites (N-methyl/N-ethyl adjacent to an activating group) is 1. The topological polar surface area (TPSA) is 60.9 Å². The van der Waals surface area contributed by atoms with Crippen LogP contribution < -0.4 is 0 Å². The Morgan fingerprint density at radius 1 is 1.32 bits per heavy atom. The van der Waals surface area contributed by atoms with Crippen LogP contribution in [0.4, 0.5) is 0 Å². The number of amides is 1. The van der Waals surface area contributed by atoms with Crippen molar-refractivity contribution in [1.29, 1.82) is 0 Å². The Morgan fingerprint density at radius 2 is 1.95 bits per heavy atom. The van der Waals surface area contributed by atoms with E-state index in [2.05, 4.69) is 18.7 Å². The zero-order valence-electron chi connectivity index (χ0n) is 12.5. The third-order valence-electron chi connectivity index (χ3n) is 4.19. The molecule has 1 N–H and O–H groups in total. The fourth-order valence-corrected chi connectivity index (χ4v) is 3.08. The van der Waals surface area contributed by atoms with E-state index in [0.29, 0.717) is 25.4 Å². The van der Waals surface area contributed by atoms with E-state index in [4.69, 9.17) is 0 Å². The minimum atomic E-state index is -1.02. The lowest BCUT2D eigenvalue weighted by Crippen LogP contribution is -2.57. The molecule has 1 aliphatic rings. The molecule has 1 amide bonds. The van der Waals surface area contributed by atoms with Gasteiger partial charge >= 0.3 is 5.97 Å². The third-order valence-corrected chi connectivity index (χ3v) is 4.19. The van der Waals surface area contributed by atoms with Gasteiger partial charge in [0.25, 0.3) is 0 Å². The van der Waals surface area contributed by atoms with Crippen molar-refractivity contribution >= 4 is 11.9 Å². The number of carbonyl (C=O) groups excluding carboxylic acids is 1. The largest absolute Gasteiger partial charge is 0.479 e. The molecule has 5 nitrogen and oxygen atoms in total. The monoisotopic (exact) mass is 270 g/mol. The van der Waals surface area contributed by atoms with Crippen molar-refractivity contribution in [3.05, 3.63) is 0 Å². The van der Waals surface area contributed by atoms with Crippen molar-refractivity contribution in [2.45, 2.75) is 58.5 Å². The Bertz CT molecular complexity index is 344. The van der Waals surface area contributed by atoms with Crippen LogP contribution in [0.1, 0.15) is 47.0 Å². The average molecular weight is 270 g/mol. The van der Waals surface area contributed by atoms with Gasteiger partial charge in [-0.1, -0.05) is 0 Å². The van der Waals surface area contributed by atoms with Gasteiger partial charge in [-0.15, -0.1) is 0 Å². The van der Waals surface area contributed by atoms with Crippen LogP contribution in [0.25, 0.3) is 0 Å². The molecule has 110 valence electrons. The van der Waals surface area contributed by atoms with Crippen molar-refractivity contribution in [3.8, 4) is 0 Å². The van der Waals surface area contributed by atoms with Crippen LogP contribution >= 0.6 is 0 Å². The van der Waals surface area contributed by atoms with Crippen LogP contribution in [0.2, 0.25) is 0 Å². The molecule has 0 aromatic heterocycles. The maximum Gasteiger partial charge on any atom is 0.329 e. The Labute approximate surface area is 115 Å². The van der Waals surface area contributed by atoms with Crippen LogP contribution in [-0.4, -0.2) is 58.0 Å². The highest BCUT2D eigenvalue weighted by molar-refractivity contribution is 5.86. The maximum atomic E-state index is 11.8. The van der Waals surface area contributed by atoms with Gasteiger partial charge in [0.1, 0.15) is 5.54 Å². The molecule has 1 rings (SSSR count). The first-order valence-corrected chi connectivity index (χ1v) is 7.10. The Balaban J connectivity index is 3.00. The van der Waals surface area contributed by atoms with E-state index in [1.165, 1.54) is 11.8 Å². The molecule has 0 bridgehead atoms. The predicted molar refractivity (Wildman–Crippen MR) is 74.0 cm³/mol. The lowest BCUT2D eigenvalue weighted by molar-refractivity contribution is -0.159. The van der Waals surface area contributed by atoms with Gasteiger partial charge in [-0.25, -0.2) is 4.79 Å². The van der Waals surface area contributed by atoms with Gasteiger partial charge in [-0.2, -0.15) is 0 Å². The summed E-state index contributed by atoms with van der Waals surface area (Å²) in [5.74, 6) is -1.02. The quantitative estimate of drug-likeness (QED) is 0.842. The molecule has 1 atom stereocenters. The summed E-state index contributed by atoms with van der Waals surface area (Å²) in [6, 6.07) is 0.414. The first-order chi connectivity index (χ1) is 8.85. The smallest absolute Gasteiger partial charge is 0.329 e. The number of aliphatic carboxylic acids is 1. The van der Waals surface area contributed by atoms with Gasteiger partial charge in [0.05, 0.1) is 0 Å². The molecule has 0 aliphatic carbocycles. The molecule has 0 saturated carbocycles. The number of nitrogens with zero attached hydrogens (tertiary/aromatic N) is 2. The highest BCUT2D eigenvalue weighted by Gasteiger charge is 2.45. The van der Waals surface area contributed by atoms with Crippen LogP contribution in [-0.2, 0) is 9.59 Å². The standard InChI is InChI=1S/C14H26N2O3/c1-5-16(12(4)17)14(13(18)19)7-6-9-15(10-8-14)11(2)3/h11H,5-10H2,1-4H3,(H,18,19). The SMILES string of the molecule is CCN(C(C)=O)C1(C(=O)O)CCCN(C(C)C)CC1. The minimum Gasteiger partial charge on any atom is -0.479 e. The lowest BCUT2D eigenvalue weighted by atomic mass is 9.88. The summed E-state index contributed by atoms with van der Waals surface area (Å²) in [6.07, 6.45) is 1.86. The van der Waals surface area contributed by atoms with E-state index < -0.39 is 11.5 Å². The molecule has 5 heteroatoms. The fraction of sp³-hybridized carbons (Fsp3) is 0.857. The maximum absolute atomic E-state index is 11.8. The van der Waals surface area contributed by atoms with Gasteiger partial charge in [-0.05, 0) is 46.6 Å². The number of hydrogen-bond acceptors (Lipinski definition) is 3. The van der Waals surface area contributed by atoms with E-state index in [1.807, 2.05) is 6.92 Å². The molecule has 1 saturated heterocycles. The van der Waals surface area contributed by atoms with Crippen LogP contribution in [0, 0.1) is 0 Å². The number of carboxylic acids is 1. The second kappa shape index (κ2) is 6.37. The fourth-order valence-electron chi connectivity index (χ4n) is 3.08. The zero-order chi connectivity index (χ0) is 14.6. The van der Waals surface area contributed by atoms with E-state index in [1.54, 1.807) is 0 Å². The number of rotatable bonds is 4. The molecule has 0 aromatic carbocycles. The summed E-state index contributed by atoms with van der Waals surface area (Å²) in [5, 5.41) is 9.68. The number of likely N-dealkylation sites (tertiary alicyclic amines) is 1. The number of hydrogen-bond donors (Lipinski definition) is 1. The van der Waals surface area contributed by atoms with Crippen LogP contribution in [0.5, 0.6) is 0 Å². The minimum absolute atomic E-state index is 0.150.